The summed E-state index contributed by atoms with van der Waals surface area (Å²) in [6.45, 7) is 0. The van der Waals surface area contributed by atoms with E-state index in [0.29, 0.717) is 0 Å². The van der Waals surface area contributed by atoms with Crippen LogP contribution in [0.25, 0.3) is 0 Å². The molecule has 4 unspecified atom stereocenters. The average molecular weight is 504 g/mol. The Hall–Kier alpha value is 0.460. The minimum absolute atomic E-state index is 0.673. The lowest BCUT2D eigenvalue weighted by atomic mass is 10.2. The summed E-state index contributed by atoms with van der Waals surface area (Å²) < 4.78 is 18.5. The van der Waals surface area contributed by atoms with Gasteiger partial charge in [-0.3, -0.25) is 0 Å². The van der Waals surface area contributed by atoms with E-state index < -0.39 is 37.8 Å². The molecule has 0 aliphatic carbocycles. The van der Waals surface area contributed by atoms with Gasteiger partial charge in [0.15, 0.2) is 25.5 Å². The van der Waals surface area contributed by atoms with Gasteiger partial charge in [0.2, 0.25) is 0 Å². The number of hydrogen-bond donors (Lipinski definition) is 0. The lowest BCUT2D eigenvalue weighted by molar-refractivity contribution is 0.0823. The van der Waals surface area contributed by atoms with Gasteiger partial charge in [0.25, 0.3) is 0 Å². The average Bonchev–Trinajstić information content (AvgIpc) is 2.70. The summed E-state index contributed by atoms with van der Waals surface area (Å²) in [5, 5.41) is -1.35. The van der Waals surface area contributed by atoms with Crippen molar-refractivity contribution in [2.75, 3.05) is 0 Å². The molecule has 2 aliphatic heterocycles. The molecule has 0 aromatic carbocycles. The molecule has 2 rings (SSSR count). The third-order valence-electron chi connectivity index (χ3n) is 2.10. The van der Waals surface area contributed by atoms with E-state index in [1.807, 2.05) is 0 Å². The summed E-state index contributed by atoms with van der Waals surface area (Å²) in [7, 11) is 0. The Morgan fingerprint density at radius 3 is 1.41 bits per heavy atom. The van der Waals surface area contributed by atoms with Crippen molar-refractivity contribution in [1.82, 2.24) is 0 Å². The summed E-state index contributed by atoms with van der Waals surface area (Å²) in [6, 6.07) is 0. The van der Waals surface area contributed by atoms with Gasteiger partial charge in [-0.2, -0.15) is 0 Å². The highest BCUT2D eigenvalue weighted by Crippen LogP contribution is 2.47. The second-order valence-corrected chi connectivity index (χ2v) is 8.68. The van der Waals surface area contributed by atoms with Gasteiger partial charge in [0.05, 0.1) is 0 Å². The van der Waals surface area contributed by atoms with Gasteiger partial charge >= 0.3 is 12.3 Å². The van der Waals surface area contributed by atoms with E-state index in [1.54, 1.807) is 0 Å². The molecule has 2 saturated heterocycles. The summed E-state index contributed by atoms with van der Waals surface area (Å²) in [4.78, 5) is 22.0. The molecule has 2 heterocycles. The molecular formula is C7H4Br4O6. The number of rotatable bonds is 2. The lowest BCUT2D eigenvalue weighted by Crippen LogP contribution is -2.48. The molecule has 0 spiro atoms. The number of ether oxygens (including phenoxy) is 4. The van der Waals surface area contributed by atoms with Gasteiger partial charge in [0, 0.05) is 0 Å². The lowest BCUT2D eigenvalue weighted by Gasteiger charge is -2.30. The fourth-order valence-electron chi connectivity index (χ4n) is 1.35. The van der Waals surface area contributed by atoms with Crippen LogP contribution in [0.15, 0.2) is 0 Å². The first-order valence-electron chi connectivity index (χ1n) is 4.23. The highest BCUT2D eigenvalue weighted by Gasteiger charge is 2.58. The number of carbonyl (C=O) groups excluding carboxylic acids is 2. The van der Waals surface area contributed by atoms with E-state index in [2.05, 4.69) is 63.7 Å². The Balaban J connectivity index is 2.18. The van der Waals surface area contributed by atoms with E-state index in [1.165, 1.54) is 0 Å². The molecule has 0 bridgehead atoms. The standard InChI is InChI=1S/C7H4Br4O6/c8-3-1(14-5(12)16-3)7(10,11)2-4(9)17-6(13)15-2/h1-4H. The SMILES string of the molecule is O=C1OC(Br)C(C(Br)(Br)C2OC(=O)OC2Br)O1. The van der Waals surface area contributed by atoms with Crippen molar-refractivity contribution >= 4 is 76.0 Å². The molecule has 2 aliphatic rings. The first-order chi connectivity index (χ1) is 7.82. The largest absolute Gasteiger partial charge is 0.510 e. The third-order valence-corrected chi connectivity index (χ3v) is 5.24. The summed E-state index contributed by atoms with van der Waals surface area (Å²) >= 11 is 12.9. The van der Waals surface area contributed by atoms with Crippen LogP contribution in [-0.4, -0.2) is 37.8 Å². The first-order valence-corrected chi connectivity index (χ1v) is 7.64. The Morgan fingerprint density at radius 2 is 1.18 bits per heavy atom. The fourth-order valence-corrected chi connectivity index (χ4v) is 5.45. The Kier molecular flexibility index (Phi) is 3.97. The molecule has 6 nitrogen and oxygen atoms in total. The second-order valence-electron chi connectivity index (χ2n) is 3.19. The van der Waals surface area contributed by atoms with Crippen LogP contribution in [0.1, 0.15) is 0 Å². The molecule has 96 valence electrons. The zero-order valence-electron chi connectivity index (χ0n) is 7.77. The third kappa shape index (κ3) is 2.59. The summed E-state index contributed by atoms with van der Waals surface area (Å²) in [5.41, 5.74) is 0. The molecule has 17 heavy (non-hydrogen) atoms. The van der Waals surface area contributed by atoms with E-state index >= 15 is 0 Å². The van der Waals surface area contributed by atoms with Crippen LogP contribution in [0.3, 0.4) is 0 Å². The van der Waals surface area contributed by atoms with E-state index in [0.717, 1.165) is 0 Å². The van der Waals surface area contributed by atoms with Gasteiger partial charge in [0.1, 0.15) is 0 Å². The predicted molar refractivity (Wildman–Crippen MR) is 68.7 cm³/mol. The van der Waals surface area contributed by atoms with Gasteiger partial charge < -0.3 is 18.9 Å². The van der Waals surface area contributed by atoms with Crippen molar-refractivity contribution in [2.24, 2.45) is 0 Å². The molecule has 0 aromatic heterocycles. The quantitative estimate of drug-likeness (QED) is 0.426. The number of carbonyl (C=O) groups is 2. The van der Waals surface area contributed by atoms with Crippen LogP contribution in [0.5, 0.6) is 0 Å². The minimum atomic E-state index is -1.04. The van der Waals surface area contributed by atoms with Crippen molar-refractivity contribution < 1.29 is 28.5 Å². The van der Waals surface area contributed by atoms with Crippen LogP contribution < -0.4 is 0 Å². The van der Waals surface area contributed by atoms with Crippen LogP contribution in [0.4, 0.5) is 9.59 Å². The molecule has 2 fully saturated rings. The highest BCUT2D eigenvalue weighted by molar-refractivity contribution is 9.25. The predicted octanol–water partition coefficient (Wildman–Crippen LogP) is 2.99. The van der Waals surface area contributed by atoms with Gasteiger partial charge in [-0.1, -0.05) is 31.9 Å². The van der Waals surface area contributed by atoms with E-state index in [9.17, 15) is 9.59 Å². The monoisotopic (exact) mass is 500 g/mol. The van der Waals surface area contributed by atoms with E-state index in [-0.39, 0.29) is 0 Å². The first kappa shape index (κ1) is 13.9. The molecule has 10 heteroatoms. The molecule has 0 amide bonds. The fraction of sp³-hybridized carbons (Fsp3) is 0.714. The topological polar surface area (TPSA) is 71.1 Å². The number of halogens is 4. The molecular weight excluding hydrogens is 500 g/mol. The zero-order chi connectivity index (χ0) is 12.8. The normalized spacial score (nSPS) is 37.2. The molecule has 4 atom stereocenters. The smallest absolute Gasteiger partial charge is 0.423 e. The maximum absolute atomic E-state index is 11.0. The Labute approximate surface area is 129 Å². The van der Waals surface area contributed by atoms with E-state index in [4.69, 9.17) is 18.9 Å². The minimum Gasteiger partial charge on any atom is -0.423 e. The van der Waals surface area contributed by atoms with Gasteiger partial charge in [-0.15, -0.1) is 0 Å². The summed E-state index contributed by atoms with van der Waals surface area (Å²) in [5.74, 6) is 0. The van der Waals surface area contributed by atoms with Gasteiger partial charge in [-0.25, -0.2) is 9.59 Å². The maximum atomic E-state index is 11.0. The Morgan fingerprint density at radius 1 is 0.824 bits per heavy atom. The van der Waals surface area contributed by atoms with Crippen molar-refractivity contribution in [2.45, 2.75) is 25.5 Å². The van der Waals surface area contributed by atoms with Crippen molar-refractivity contribution in [3.05, 3.63) is 0 Å². The second kappa shape index (κ2) is 4.86. The Bertz CT molecular complexity index is 328. The van der Waals surface area contributed by atoms with Crippen LogP contribution in [0.2, 0.25) is 0 Å². The number of alkyl halides is 4. The van der Waals surface area contributed by atoms with Gasteiger partial charge in [-0.05, 0) is 31.9 Å². The molecule has 0 radical (unpaired) electrons. The highest BCUT2D eigenvalue weighted by atomic mass is 79.9. The number of cyclic esters (lactones) is 4. The maximum Gasteiger partial charge on any atom is 0.510 e. The van der Waals surface area contributed by atoms with Crippen molar-refractivity contribution in [1.29, 1.82) is 0 Å². The van der Waals surface area contributed by atoms with Crippen LogP contribution >= 0.6 is 63.7 Å². The van der Waals surface area contributed by atoms with Crippen LogP contribution in [0, 0.1) is 0 Å². The summed E-state index contributed by atoms with van der Waals surface area (Å²) in [6.07, 6.45) is -3.10. The molecule has 0 N–H and O–H groups in total. The molecule has 0 saturated carbocycles. The zero-order valence-corrected chi connectivity index (χ0v) is 14.1. The van der Waals surface area contributed by atoms with Crippen LogP contribution in [-0.2, 0) is 18.9 Å². The number of hydrogen-bond acceptors (Lipinski definition) is 6. The van der Waals surface area contributed by atoms with Crippen molar-refractivity contribution in [3.8, 4) is 0 Å². The molecule has 0 aromatic rings. The van der Waals surface area contributed by atoms with Crippen molar-refractivity contribution in [3.63, 3.8) is 0 Å².